The first-order chi connectivity index (χ1) is 29.8. The summed E-state index contributed by atoms with van der Waals surface area (Å²) in [6.07, 6.45) is -7.31. The van der Waals surface area contributed by atoms with Gasteiger partial charge in [-0.15, -0.1) is 0 Å². The fourth-order valence-electron chi connectivity index (χ4n) is 7.20. The van der Waals surface area contributed by atoms with Crippen molar-refractivity contribution in [2.75, 3.05) is 23.8 Å². The van der Waals surface area contributed by atoms with Gasteiger partial charge in [0.25, 0.3) is 5.91 Å². The highest BCUT2D eigenvalue weighted by Crippen LogP contribution is 2.53. The summed E-state index contributed by atoms with van der Waals surface area (Å²) in [4.78, 5) is 18.4. The normalized spacial score (nSPS) is 17.9. The minimum atomic E-state index is -5.34. The molecule has 2 aromatic heterocycles. The molecule has 1 amide bonds. The molecular weight excluding hydrogens is 948 g/mol. The summed E-state index contributed by atoms with van der Waals surface area (Å²) >= 11 is 6.45. The maximum absolute atomic E-state index is 15.6. The molecule has 6 rings (SSSR count). The number of pyridine rings is 1. The Balaban J connectivity index is 1.56. The van der Waals surface area contributed by atoms with Gasteiger partial charge in [-0.2, -0.15) is 40.2 Å². The Hall–Kier alpha value is -5.51. The van der Waals surface area contributed by atoms with Crippen LogP contribution in [0.4, 0.5) is 49.7 Å². The summed E-state index contributed by atoms with van der Waals surface area (Å²) in [5.41, 5.74) is -5.96. The van der Waals surface area contributed by atoms with Crippen LogP contribution in [0.15, 0.2) is 65.9 Å². The van der Waals surface area contributed by atoms with Crippen molar-refractivity contribution >= 4 is 59.8 Å². The highest BCUT2D eigenvalue weighted by Gasteiger charge is 2.63. The summed E-state index contributed by atoms with van der Waals surface area (Å²) in [5, 5.41) is 13.9. The molecule has 0 radical (unpaired) electrons. The van der Waals surface area contributed by atoms with Gasteiger partial charge in [0.2, 0.25) is 10.0 Å². The maximum Gasteiger partial charge on any atom is 0.433 e. The Bertz CT molecular complexity index is 2970. The molecule has 0 bridgehead atoms. The fraction of sp³-hybridized carbons (Fsp3) is 0.350. The van der Waals surface area contributed by atoms with Gasteiger partial charge in [0.15, 0.2) is 27.9 Å². The third kappa shape index (κ3) is 10.5. The quantitative estimate of drug-likeness (QED) is 0.0519. The number of hydrogen-bond donors (Lipinski definition) is 4. The number of allylic oxidation sites excluding steroid dienone is 4. The number of sulfone groups is 1. The third-order valence-corrected chi connectivity index (χ3v) is 13.3. The second-order valence-corrected chi connectivity index (χ2v) is 20.5. The van der Waals surface area contributed by atoms with Crippen LogP contribution in [0, 0.1) is 40.7 Å². The lowest BCUT2D eigenvalue weighted by Crippen LogP contribution is -2.87. The maximum atomic E-state index is 15.6. The molecule has 0 unspecified atom stereocenters. The number of hydrogen-bond acceptors (Lipinski definition) is 8. The van der Waals surface area contributed by atoms with Crippen LogP contribution in [0.3, 0.4) is 0 Å². The highest BCUT2D eigenvalue weighted by molar-refractivity contribution is 7.92. The molecule has 0 saturated heterocycles. The second kappa shape index (κ2) is 17.0. The lowest BCUT2D eigenvalue weighted by molar-refractivity contribution is -0.609. The molecule has 0 aliphatic heterocycles. The fourth-order valence-corrected chi connectivity index (χ4v) is 8.17. The van der Waals surface area contributed by atoms with E-state index in [1.807, 2.05) is 4.72 Å². The van der Waals surface area contributed by atoms with E-state index in [-0.39, 0.29) is 38.5 Å². The average molecular weight is 983 g/mol. The number of carbonyl (C=O) groups is 1. The van der Waals surface area contributed by atoms with Crippen molar-refractivity contribution in [3.8, 4) is 23.0 Å². The van der Waals surface area contributed by atoms with E-state index >= 15 is 8.78 Å². The number of alkyl halides is 8. The number of nitrogens with zero attached hydrogens (tertiary/aromatic N) is 3. The van der Waals surface area contributed by atoms with Crippen LogP contribution in [0.5, 0.6) is 0 Å². The van der Waals surface area contributed by atoms with Gasteiger partial charge < -0.3 is 10.6 Å². The zero-order valence-corrected chi connectivity index (χ0v) is 36.4. The molecular formula is C40H35ClF10N7O5S2+. The largest absolute Gasteiger partial charge is 0.433 e. The number of rotatable bonds is 13. The molecule has 0 spiro atoms. The number of sulfonamides is 1. The van der Waals surface area contributed by atoms with Gasteiger partial charge in [0.1, 0.15) is 34.3 Å². The van der Waals surface area contributed by atoms with Crippen LogP contribution in [0.1, 0.15) is 36.8 Å². The second-order valence-electron chi connectivity index (χ2n) is 15.7. The zero-order valence-electron chi connectivity index (χ0n) is 34.0. The van der Waals surface area contributed by atoms with Crippen LogP contribution < -0.4 is 15.4 Å². The first-order valence-electron chi connectivity index (χ1n) is 18.8. The number of anilines is 1. The van der Waals surface area contributed by atoms with Gasteiger partial charge >= 0.3 is 18.3 Å². The summed E-state index contributed by atoms with van der Waals surface area (Å²) in [6, 6.07) is 5.30. The molecule has 65 heavy (non-hydrogen) atoms. The third-order valence-electron chi connectivity index (χ3n) is 10.5. The molecule has 348 valence electrons. The summed E-state index contributed by atoms with van der Waals surface area (Å²) < 4.78 is 194. The van der Waals surface area contributed by atoms with E-state index in [2.05, 4.69) is 27.2 Å². The van der Waals surface area contributed by atoms with E-state index in [9.17, 15) is 56.8 Å². The summed E-state index contributed by atoms with van der Waals surface area (Å²) in [7, 11) is -8.06. The predicted octanol–water partition coefficient (Wildman–Crippen LogP) is 6.39. The summed E-state index contributed by atoms with van der Waals surface area (Å²) in [5.74, 6) is -6.08. The minimum Gasteiger partial charge on any atom is -0.342 e. The van der Waals surface area contributed by atoms with Crippen molar-refractivity contribution in [2.45, 2.75) is 55.9 Å². The SMILES string of the molecule is CC(C)(C#Cc1ccc(-c2ccc(Cl)c3c(NS(C)(=O)=O)nn(CC(F)(F)F)c23)c([C@H](Cc2cc(F)cc(F)c2)NC(=O)C[NH2+]C2=C(C(=N)C(F)(F)F)[C@H]3C=C[C@H]3C2(F)F)n1)S(C)(=O)=O. The lowest BCUT2D eigenvalue weighted by Gasteiger charge is -2.27. The number of carbonyl (C=O) groups excluding carboxylic acids is 1. The van der Waals surface area contributed by atoms with Crippen molar-refractivity contribution in [2.24, 2.45) is 11.8 Å². The topological polar surface area (TPSA) is 181 Å². The predicted molar refractivity (Wildman–Crippen MR) is 218 cm³/mol. The number of nitrogens with one attached hydrogen (secondary N) is 3. The Labute approximate surface area is 369 Å². The van der Waals surface area contributed by atoms with E-state index in [1.165, 1.54) is 32.0 Å². The van der Waals surface area contributed by atoms with Crippen molar-refractivity contribution < 1.29 is 70.9 Å². The van der Waals surface area contributed by atoms with Crippen LogP contribution in [0.25, 0.3) is 22.0 Å². The average Bonchev–Trinajstić information content (AvgIpc) is 3.53. The molecule has 2 heterocycles. The molecule has 3 atom stereocenters. The molecule has 12 nitrogen and oxygen atoms in total. The van der Waals surface area contributed by atoms with Crippen LogP contribution in [-0.2, 0) is 37.6 Å². The molecule has 25 heteroatoms. The molecule has 4 aromatic rings. The van der Waals surface area contributed by atoms with Gasteiger partial charge in [-0.05, 0) is 62.1 Å². The first kappa shape index (κ1) is 48.9. The molecule has 0 saturated carbocycles. The van der Waals surface area contributed by atoms with Crippen molar-refractivity contribution in [3.05, 3.63) is 99.5 Å². The number of amides is 1. The van der Waals surface area contributed by atoms with Gasteiger partial charge in [-0.25, -0.2) is 30.6 Å². The molecule has 2 aromatic carbocycles. The van der Waals surface area contributed by atoms with Crippen molar-refractivity contribution in [1.29, 1.82) is 5.41 Å². The van der Waals surface area contributed by atoms with E-state index in [0.717, 1.165) is 36.6 Å². The standard InChI is InChI=1S/C40H34ClF10N7O5S2/c1-37(2,64(3,60)61)12-11-22-5-6-23(24-8-10-27(41)31-33(24)58(18-38(44,45)46)56-36(31)57-65(4,62)63)32(54-22)28(15-19-13-20(42)16-21(43)14-19)55-29(59)17-53-35-30(34(52)40(49,50)51)25-7-9-26(25)39(35,47)48/h5-10,13-14,16,25-26,28,52-53H,15,17-18H2,1-4H3,(H,55,59)(H,56,57)/p+1/t25-,26+,28-/m0/s1. The van der Waals surface area contributed by atoms with Crippen LogP contribution in [0.2, 0.25) is 5.02 Å². The van der Waals surface area contributed by atoms with Crippen molar-refractivity contribution in [3.63, 3.8) is 0 Å². The van der Waals surface area contributed by atoms with Crippen molar-refractivity contribution in [1.82, 2.24) is 20.1 Å². The Morgan fingerprint density at radius 2 is 1.62 bits per heavy atom. The Kier molecular flexibility index (Phi) is 12.8. The zero-order chi connectivity index (χ0) is 48.4. The number of nitrogens with two attached hydrogens (primary N) is 1. The molecule has 0 fully saturated rings. The summed E-state index contributed by atoms with van der Waals surface area (Å²) in [6.45, 7) is -0.361. The molecule has 5 N–H and O–H groups in total. The number of aromatic nitrogens is 3. The lowest BCUT2D eigenvalue weighted by atomic mass is 9.79. The van der Waals surface area contributed by atoms with E-state index in [4.69, 9.17) is 17.0 Å². The highest BCUT2D eigenvalue weighted by atomic mass is 35.5. The van der Waals surface area contributed by atoms with E-state index < -0.39 is 126 Å². The number of benzene rings is 2. The first-order valence-corrected chi connectivity index (χ1v) is 23.0. The van der Waals surface area contributed by atoms with Gasteiger partial charge in [0.05, 0.1) is 45.4 Å². The number of halogens is 11. The van der Waals surface area contributed by atoms with E-state index in [0.29, 0.717) is 22.3 Å². The molecule has 2 aliphatic rings. The smallest absolute Gasteiger partial charge is 0.342 e. The van der Waals surface area contributed by atoms with Gasteiger partial charge in [0, 0.05) is 29.4 Å². The number of fused-ring (bicyclic) bond motifs is 2. The van der Waals surface area contributed by atoms with Crippen LogP contribution >= 0.6 is 11.6 Å². The van der Waals surface area contributed by atoms with Gasteiger partial charge in [-0.1, -0.05) is 35.7 Å². The monoisotopic (exact) mass is 982 g/mol. The van der Waals surface area contributed by atoms with Crippen LogP contribution in [-0.4, -0.2) is 85.3 Å². The van der Waals surface area contributed by atoms with Gasteiger partial charge in [-0.3, -0.25) is 19.6 Å². The Morgan fingerprint density at radius 3 is 2.17 bits per heavy atom. The Morgan fingerprint density at radius 1 is 0.985 bits per heavy atom. The number of quaternary nitrogens is 1. The minimum absolute atomic E-state index is 0.184. The van der Waals surface area contributed by atoms with E-state index in [1.54, 1.807) is 0 Å². The molecule has 2 aliphatic carbocycles.